The third-order valence-electron chi connectivity index (χ3n) is 3.59. The van der Waals surface area contributed by atoms with Crippen molar-refractivity contribution in [2.45, 2.75) is 38.6 Å². The van der Waals surface area contributed by atoms with Gasteiger partial charge in [-0.05, 0) is 25.8 Å². The Morgan fingerprint density at radius 1 is 1.56 bits per heavy atom. The molecule has 1 amide bonds. The van der Waals surface area contributed by atoms with E-state index in [1.54, 1.807) is 6.92 Å². The predicted molar refractivity (Wildman–Crippen MR) is 59.8 cm³/mol. The molecule has 2 unspecified atom stereocenters. The Morgan fingerprint density at radius 2 is 2.19 bits per heavy atom. The second-order valence-electron chi connectivity index (χ2n) is 4.54. The minimum Gasteiger partial charge on any atom is -0.480 e. The van der Waals surface area contributed by atoms with Gasteiger partial charge in [-0.25, -0.2) is 0 Å². The fraction of sp³-hybridized carbons (Fsp3) is 0.818. The van der Waals surface area contributed by atoms with Gasteiger partial charge in [-0.1, -0.05) is 13.8 Å². The van der Waals surface area contributed by atoms with E-state index >= 15 is 0 Å². The summed E-state index contributed by atoms with van der Waals surface area (Å²) in [4.78, 5) is 24.3. The standard InChI is InChI=1S/C11H20N2O3/c1-3-11(10(15)16)5-4-6-13(11)7-8(2)9(12)14/h8H,3-7H2,1-2H3,(H2,12,14)(H,15,16). The van der Waals surface area contributed by atoms with Crippen LogP contribution in [0.3, 0.4) is 0 Å². The highest BCUT2D eigenvalue weighted by molar-refractivity contribution is 5.80. The quantitative estimate of drug-likeness (QED) is 0.715. The lowest BCUT2D eigenvalue weighted by molar-refractivity contribution is -0.150. The van der Waals surface area contributed by atoms with Crippen molar-refractivity contribution in [3.8, 4) is 0 Å². The van der Waals surface area contributed by atoms with Crippen LogP contribution in [0.1, 0.15) is 33.1 Å². The molecule has 1 saturated heterocycles. The van der Waals surface area contributed by atoms with Gasteiger partial charge >= 0.3 is 5.97 Å². The number of hydrogen-bond acceptors (Lipinski definition) is 3. The molecule has 1 rings (SSSR count). The molecule has 1 aliphatic heterocycles. The summed E-state index contributed by atoms with van der Waals surface area (Å²) in [5.74, 6) is -1.46. The number of nitrogens with two attached hydrogens (primary N) is 1. The number of carboxylic acid groups (broad SMARTS) is 1. The van der Waals surface area contributed by atoms with Crippen molar-refractivity contribution >= 4 is 11.9 Å². The molecule has 0 aliphatic carbocycles. The summed E-state index contributed by atoms with van der Waals surface area (Å²) in [6.45, 7) is 4.79. The summed E-state index contributed by atoms with van der Waals surface area (Å²) in [7, 11) is 0. The minimum atomic E-state index is -0.788. The third-order valence-corrected chi connectivity index (χ3v) is 3.59. The van der Waals surface area contributed by atoms with Crippen molar-refractivity contribution in [1.29, 1.82) is 0 Å². The average molecular weight is 228 g/mol. The third kappa shape index (κ3) is 2.19. The van der Waals surface area contributed by atoms with Crippen LogP contribution < -0.4 is 5.73 Å². The highest BCUT2D eigenvalue weighted by atomic mass is 16.4. The van der Waals surface area contributed by atoms with E-state index in [1.807, 2.05) is 11.8 Å². The zero-order valence-electron chi connectivity index (χ0n) is 9.90. The molecule has 1 heterocycles. The van der Waals surface area contributed by atoms with Crippen LogP contribution >= 0.6 is 0 Å². The predicted octanol–water partition coefficient (Wildman–Crippen LogP) is 0.437. The van der Waals surface area contributed by atoms with E-state index in [0.717, 1.165) is 13.0 Å². The monoisotopic (exact) mass is 228 g/mol. The maximum Gasteiger partial charge on any atom is 0.324 e. The van der Waals surface area contributed by atoms with Gasteiger partial charge < -0.3 is 10.8 Å². The Hall–Kier alpha value is -1.10. The van der Waals surface area contributed by atoms with Gasteiger partial charge in [-0.2, -0.15) is 0 Å². The maximum absolute atomic E-state index is 11.4. The Bertz CT molecular complexity index is 293. The molecule has 0 radical (unpaired) electrons. The van der Waals surface area contributed by atoms with Gasteiger partial charge in [0.1, 0.15) is 5.54 Å². The van der Waals surface area contributed by atoms with Crippen LogP contribution in [0.4, 0.5) is 0 Å². The largest absolute Gasteiger partial charge is 0.480 e. The van der Waals surface area contributed by atoms with Gasteiger partial charge in [0.05, 0.1) is 0 Å². The summed E-state index contributed by atoms with van der Waals surface area (Å²) in [6.07, 6.45) is 2.09. The number of rotatable bonds is 5. The summed E-state index contributed by atoms with van der Waals surface area (Å²) in [5, 5.41) is 9.33. The van der Waals surface area contributed by atoms with Crippen LogP contribution in [0.25, 0.3) is 0 Å². The second kappa shape index (κ2) is 4.82. The van der Waals surface area contributed by atoms with Crippen LogP contribution in [0.15, 0.2) is 0 Å². The van der Waals surface area contributed by atoms with Gasteiger partial charge in [-0.15, -0.1) is 0 Å². The molecule has 5 nitrogen and oxygen atoms in total. The van der Waals surface area contributed by atoms with Gasteiger partial charge in [0.15, 0.2) is 0 Å². The van der Waals surface area contributed by atoms with Crippen molar-refractivity contribution in [3.05, 3.63) is 0 Å². The molecule has 1 fully saturated rings. The number of primary amides is 1. The van der Waals surface area contributed by atoms with Gasteiger partial charge in [0.2, 0.25) is 5.91 Å². The molecule has 0 aromatic rings. The molecule has 0 saturated carbocycles. The zero-order valence-corrected chi connectivity index (χ0v) is 9.90. The number of amides is 1. The van der Waals surface area contributed by atoms with Crippen LogP contribution in [-0.2, 0) is 9.59 Å². The maximum atomic E-state index is 11.4. The Kier molecular flexibility index (Phi) is 3.91. The fourth-order valence-corrected chi connectivity index (χ4v) is 2.41. The molecular weight excluding hydrogens is 208 g/mol. The van der Waals surface area contributed by atoms with E-state index in [1.165, 1.54) is 0 Å². The highest BCUT2D eigenvalue weighted by Gasteiger charge is 2.46. The molecule has 0 bridgehead atoms. The number of carbonyl (C=O) groups is 2. The van der Waals surface area contributed by atoms with E-state index in [4.69, 9.17) is 5.73 Å². The van der Waals surface area contributed by atoms with Crippen molar-refractivity contribution in [2.75, 3.05) is 13.1 Å². The van der Waals surface area contributed by atoms with Crippen LogP contribution in [0, 0.1) is 5.92 Å². The Balaban J connectivity index is 2.79. The first-order chi connectivity index (χ1) is 7.44. The van der Waals surface area contributed by atoms with Crippen molar-refractivity contribution in [1.82, 2.24) is 4.90 Å². The summed E-state index contributed by atoms with van der Waals surface area (Å²) in [6, 6.07) is 0. The molecule has 0 aromatic carbocycles. The highest BCUT2D eigenvalue weighted by Crippen LogP contribution is 2.33. The SMILES string of the molecule is CCC1(C(=O)O)CCCN1CC(C)C(N)=O. The van der Waals surface area contributed by atoms with Gasteiger partial charge in [-0.3, -0.25) is 14.5 Å². The molecule has 5 heteroatoms. The van der Waals surface area contributed by atoms with E-state index in [-0.39, 0.29) is 11.8 Å². The lowest BCUT2D eigenvalue weighted by Crippen LogP contribution is -2.52. The number of carboxylic acids is 1. The number of likely N-dealkylation sites (tertiary alicyclic amines) is 1. The van der Waals surface area contributed by atoms with E-state index in [2.05, 4.69) is 0 Å². The number of aliphatic carboxylic acids is 1. The molecule has 16 heavy (non-hydrogen) atoms. The second-order valence-corrected chi connectivity index (χ2v) is 4.54. The lowest BCUT2D eigenvalue weighted by Gasteiger charge is -2.34. The van der Waals surface area contributed by atoms with Gasteiger partial charge in [0.25, 0.3) is 0 Å². The zero-order chi connectivity index (χ0) is 12.3. The minimum absolute atomic E-state index is 0.302. The Labute approximate surface area is 95.6 Å². The smallest absolute Gasteiger partial charge is 0.324 e. The van der Waals surface area contributed by atoms with Crippen LogP contribution in [0.2, 0.25) is 0 Å². The van der Waals surface area contributed by atoms with Crippen molar-refractivity contribution in [3.63, 3.8) is 0 Å². The first kappa shape index (κ1) is 13.0. The molecule has 3 N–H and O–H groups in total. The lowest BCUT2D eigenvalue weighted by atomic mass is 9.92. The molecule has 1 aliphatic rings. The van der Waals surface area contributed by atoms with Crippen LogP contribution in [-0.4, -0.2) is 40.5 Å². The average Bonchev–Trinajstić information content (AvgIpc) is 2.61. The number of nitrogens with zero attached hydrogens (tertiary/aromatic N) is 1. The topological polar surface area (TPSA) is 83.6 Å². The van der Waals surface area contributed by atoms with Crippen molar-refractivity contribution < 1.29 is 14.7 Å². The number of hydrogen-bond donors (Lipinski definition) is 2. The van der Waals surface area contributed by atoms with Crippen LogP contribution in [0.5, 0.6) is 0 Å². The fourth-order valence-electron chi connectivity index (χ4n) is 2.41. The van der Waals surface area contributed by atoms with E-state index in [0.29, 0.717) is 19.4 Å². The number of carbonyl (C=O) groups excluding carboxylic acids is 1. The van der Waals surface area contributed by atoms with Gasteiger partial charge in [0, 0.05) is 12.5 Å². The normalized spacial score (nSPS) is 27.9. The van der Waals surface area contributed by atoms with E-state index < -0.39 is 11.5 Å². The summed E-state index contributed by atoms with van der Waals surface area (Å²) >= 11 is 0. The van der Waals surface area contributed by atoms with Crippen molar-refractivity contribution in [2.24, 2.45) is 11.7 Å². The summed E-state index contributed by atoms with van der Waals surface area (Å²) in [5.41, 5.74) is 4.42. The first-order valence-electron chi connectivity index (χ1n) is 5.72. The first-order valence-corrected chi connectivity index (χ1v) is 5.72. The molecule has 2 atom stereocenters. The molecule has 92 valence electrons. The summed E-state index contributed by atoms with van der Waals surface area (Å²) < 4.78 is 0. The molecular formula is C11H20N2O3. The molecule has 0 aromatic heterocycles. The molecule has 0 spiro atoms. The Morgan fingerprint density at radius 3 is 2.62 bits per heavy atom. The van der Waals surface area contributed by atoms with E-state index in [9.17, 15) is 14.7 Å².